The summed E-state index contributed by atoms with van der Waals surface area (Å²) < 4.78 is 47.1. The Labute approximate surface area is 224 Å². The molecule has 38 heavy (non-hydrogen) atoms. The molecule has 1 aliphatic rings. The second kappa shape index (κ2) is 10.9. The van der Waals surface area contributed by atoms with Crippen LogP contribution >= 0.6 is 0 Å². The molecule has 1 saturated heterocycles. The molecule has 0 unspecified atom stereocenters. The first-order valence-electron chi connectivity index (χ1n) is 12.9. The molecule has 4 rings (SSSR count). The van der Waals surface area contributed by atoms with Crippen molar-refractivity contribution < 1.29 is 22.3 Å². The van der Waals surface area contributed by atoms with Crippen LogP contribution in [0, 0.1) is 5.82 Å². The Hall–Kier alpha value is -3.11. The number of nitrogens with zero attached hydrogens (tertiary/aromatic N) is 2. The first kappa shape index (κ1) is 27.9. The summed E-state index contributed by atoms with van der Waals surface area (Å²) in [5.41, 5.74) is 2.28. The third kappa shape index (κ3) is 6.85. The Morgan fingerprint density at radius 1 is 1.18 bits per heavy atom. The number of benzene rings is 2. The number of sulfonamides is 1. The number of hydrogen-bond acceptors (Lipinski definition) is 5. The van der Waals surface area contributed by atoms with E-state index in [0.717, 1.165) is 44.3 Å². The van der Waals surface area contributed by atoms with Gasteiger partial charge >= 0.3 is 6.09 Å². The predicted octanol–water partition coefficient (Wildman–Crippen LogP) is 5.39. The normalized spacial score (nSPS) is 15.5. The molecule has 1 fully saturated rings. The van der Waals surface area contributed by atoms with E-state index in [1.165, 1.54) is 0 Å². The fraction of sp³-hybridized carbons (Fsp3) is 0.464. The molecule has 2 aromatic carbocycles. The summed E-state index contributed by atoms with van der Waals surface area (Å²) >= 11 is 0. The van der Waals surface area contributed by atoms with Crippen LogP contribution in [0.5, 0.6) is 0 Å². The van der Waals surface area contributed by atoms with E-state index < -0.39 is 21.4 Å². The van der Waals surface area contributed by atoms with Gasteiger partial charge in [-0.25, -0.2) is 17.6 Å². The molecule has 0 saturated carbocycles. The summed E-state index contributed by atoms with van der Waals surface area (Å²) in [6.07, 6.45) is 2.65. The summed E-state index contributed by atoms with van der Waals surface area (Å²) in [4.78, 5) is 19.3. The second-order valence-corrected chi connectivity index (χ2v) is 12.8. The zero-order chi connectivity index (χ0) is 27.7. The number of halogens is 1. The largest absolute Gasteiger partial charge is 0.444 e. The average Bonchev–Trinajstić information content (AvgIpc) is 3.16. The van der Waals surface area contributed by atoms with Gasteiger partial charge in [0.2, 0.25) is 10.0 Å². The molecule has 1 aliphatic heterocycles. The predicted molar refractivity (Wildman–Crippen MR) is 149 cm³/mol. The van der Waals surface area contributed by atoms with Crippen molar-refractivity contribution in [3.63, 3.8) is 0 Å². The van der Waals surface area contributed by atoms with Gasteiger partial charge in [-0.05, 0) is 76.4 Å². The quantitative estimate of drug-likeness (QED) is 0.416. The van der Waals surface area contributed by atoms with Crippen molar-refractivity contribution in [2.24, 2.45) is 0 Å². The van der Waals surface area contributed by atoms with Crippen LogP contribution in [0.1, 0.15) is 45.1 Å². The summed E-state index contributed by atoms with van der Waals surface area (Å²) in [6.45, 7) is 8.74. The van der Waals surface area contributed by atoms with Gasteiger partial charge in [-0.3, -0.25) is 4.72 Å². The van der Waals surface area contributed by atoms with Crippen molar-refractivity contribution in [3.05, 3.63) is 53.8 Å². The van der Waals surface area contributed by atoms with Crippen LogP contribution in [0.2, 0.25) is 0 Å². The maximum Gasteiger partial charge on any atom is 0.410 e. The van der Waals surface area contributed by atoms with Gasteiger partial charge in [-0.1, -0.05) is 24.3 Å². The standard InChI is InChI=1S/C28H37FN4O4S/c1-28(2,3)37-27(34)32(4)16-17-33-14-12-19(13-15-33)20-10-11-23-22(18-20)25(29)26(30-23)21-8-6-7-9-24(21)31-38(5,35)36/h6-11,18-19,30-31H,12-17H2,1-5H3. The number of anilines is 1. The number of piperidine rings is 1. The van der Waals surface area contributed by atoms with Crippen LogP contribution < -0.4 is 4.72 Å². The van der Waals surface area contributed by atoms with E-state index >= 15 is 4.39 Å². The number of likely N-dealkylation sites (tertiary alicyclic amines) is 1. The molecular weight excluding hydrogens is 507 g/mol. The second-order valence-electron chi connectivity index (χ2n) is 11.1. The number of fused-ring (bicyclic) bond motifs is 1. The van der Waals surface area contributed by atoms with Crippen LogP contribution in [-0.2, 0) is 14.8 Å². The van der Waals surface area contributed by atoms with Gasteiger partial charge in [0.15, 0.2) is 5.82 Å². The van der Waals surface area contributed by atoms with Crippen molar-refractivity contribution in [2.75, 3.05) is 44.2 Å². The SMILES string of the molecule is CN(CCN1CCC(c2ccc3[nH]c(-c4ccccc4NS(C)(=O)=O)c(F)c3c2)CC1)C(=O)OC(C)(C)C. The minimum atomic E-state index is -3.51. The van der Waals surface area contributed by atoms with E-state index in [9.17, 15) is 13.2 Å². The monoisotopic (exact) mass is 544 g/mol. The molecule has 1 aromatic heterocycles. The van der Waals surface area contributed by atoms with Crippen LogP contribution in [0.3, 0.4) is 0 Å². The highest BCUT2D eigenvalue weighted by molar-refractivity contribution is 7.92. The van der Waals surface area contributed by atoms with E-state index in [-0.39, 0.29) is 11.8 Å². The fourth-order valence-corrected chi connectivity index (χ4v) is 5.40. The first-order chi connectivity index (χ1) is 17.8. The van der Waals surface area contributed by atoms with Crippen molar-refractivity contribution in [1.82, 2.24) is 14.8 Å². The molecule has 2 heterocycles. The molecule has 8 nitrogen and oxygen atoms in total. The lowest BCUT2D eigenvalue weighted by Gasteiger charge is -2.33. The maximum atomic E-state index is 15.6. The lowest BCUT2D eigenvalue weighted by molar-refractivity contribution is 0.0278. The van der Waals surface area contributed by atoms with E-state index in [1.54, 1.807) is 36.2 Å². The molecule has 10 heteroatoms. The van der Waals surface area contributed by atoms with E-state index in [0.29, 0.717) is 34.6 Å². The fourth-order valence-electron chi connectivity index (χ4n) is 4.82. The van der Waals surface area contributed by atoms with Gasteiger partial charge in [-0.2, -0.15) is 0 Å². The Kier molecular flexibility index (Phi) is 8.04. The van der Waals surface area contributed by atoms with Gasteiger partial charge in [0, 0.05) is 36.6 Å². The molecule has 3 aromatic rings. The topological polar surface area (TPSA) is 94.7 Å². The molecule has 0 radical (unpaired) electrons. The minimum Gasteiger partial charge on any atom is -0.444 e. The molecule has 0 spiro atoms. The number of nitrogens with one attached hydrogen (secondary N) is 2. The number of aromatic amines is 1. The highest BCUT2D eigenvalue weighted by atomic mass is 32.2. The summed E-state index contributed by atoms with van der Waals surface area (Å²) in [6, 6.07) is 12.6. The third-order valence-electron chi connectivity index (χ3n) is 6.77. The smallest absolute Gasteiger partial charge is 0.410 e. The number of aromatic nitrogens is 1. The highest BCUT2D eigenvalue weighted by Crippen LogP contribution is 2.36. The summed E-state index contributed by atoms with van der Waals surface area (Å²) in [7, 11) is -1.76. The van der Waals surface area contributed by atoms with Gasteiger partial charge < -0.3 is 19.5 Å². The van der Waals surface area contributed by atoms with Crippen molar-refractivity contribution in [3.8, 4) is 11.3 Å². The number of H-pyrrole nitrogens is 1. The number of para-hydroxylation sites is 1. The Morgan fingerprint density at radius 2 is 1.87 bits per heavy atom. The number of ether oxygens (including phenoxy) is 1. The van der Waals surface area contributed by atoms with Crippen LogP contribution in [-0.4, -0.2) is 74.4 Å². The van der Waals surface area contributed by atoms with Gasteiger partial charge in [0.1, 0.15) is 5.60 Å². The molecule has 206 valence electrons. The molecule has 0 bridgehead atoms. The zero-order valence-corrected chi connectivity index (χ0v) is 23.5. The zero-order valence-electron chi connectivity index (χ0n) is 22.7. The molecule has 2 N–H and O–H groups in total. The number of hydrogen-bond donors (Lipinski definition) is 2. The van der Waals surface area contributed by atoms with Crippen molar-refractivity contribution >= 4 is 32.7 Å². The van der Waals surface area contributed by atoms with E-state index in [4.69, 9.17) is 4.74 Å². The maximum absolute atomic E-state index is 15.6. The number of carbonyl (C=O) groups excluding carboxylic acids is 1. The van der Waals surface area contributed by atoms with Crippen molar-refractivity contribution in [1.29, 1.82) is 0 Å². The Bertz CT molecular complexity index is 1410. The van der Waals surface area contributed by atoms with E-state index in [2.05, 4.69) is 14.6 Å². The first-order valence-corrected chi connectivity index (χ1v) is 14.7. The van der Waals surface area contributed by atoms with Gasteiger partial charge in [-0.15, -0.1) is 0 Å². The lowest BCUT2D eigenvalue weighted by Crippen LogP contribution is -2.41. The summed E-state index contributed by atoms with van der Waals surface area (Å²) in [5.74, 6) is -0.0802. The lowest BCUT2D eigenvalue weighted by atomic mass is 9.89. The minimum absolute atomic E-state index is 0.257. The van der Waals surface area contributed by atoms with Crippen molar-refractivity contribution in [2.45, 2.75) is 45.1 Å². The average molecular weight is 545 g/mol. The number of carbonyl (C=O) groups is 1. The Balaban J connectivity index is 1.43. The third-order valence-corrected chi connectivity index (χ3v) is 7.36. The molecule has 1 amide bonds. The number of amides is 1. The van der Waals surface area contributed by atoms with Crippen LogP contribution in [0.25, 0.3) is 22.2 Å². The van der Waals surface area contributed by atoms with Crippen LogP contribution in [0.4, 0.5) is 14.9 Å². The molecule has 0 aliphatic carbocycles. The molecular formula is C28H37FN4O4S. The summed E-state index contributed by atoms with van der Waals surface area (Å²) in [5, 5.41) is 0.494. The molecule has 0 atom stereocenters. The highest BCUT2D eigenvalue weighted by Gasteiger charge is 2.24. The number of likely N-dealkylation sites (N-methyl/N-ethyl adjacent to an activating group) is 1. The van der Waals surface area contributed by atoms with E-state index in [1.807, 2.05) is 39.0 Å². The number of rotatable bonds is 7. The van der Waals surface area contributed by atoms with Gasteiger partial charge in [0.05, 0.1) is 17.6 Å². The van der Waals surface area contributed by atoms with Crippen LogP contribution in [0.15, 0.2) is 42.5 Å². The Morgan fingerprint density at radius 3 is 2.53 bits per heavy atom. The van der Waals surface area contributed by atoms with Gasteiger partial charge in [0.25, 0.3) is 0 Å².